The van der Waals surface area contributed by atoms with Crippen LogP contribution in [0.1, 0.15) is 5.56 Å². The summed E-state index contributed by atoms with van der Waals surface area (Å²) in [7, 11) is 0. The largest absolute Gasteiger partial charge is 0.394 e. The number of rotatable bonds is 2. The van der Waals surface area contributed by atoms with Crippen LogP contribution in [0, 0.1) is 11.3 Å². The van der Waals surface area contributed by atoms with Crippen molar-refractivity contribution >= 4 is 21.6 Å². The predicted octanol–water partition coefficient (Wildman–Crippen LogP) is 1.52. The van der Waals surface area contributed by atoms with Crippen molar-refractivity contribution in [2.24, 2.45) is 0 Å². The van der Waals surface area contributed by atoms with Crippen molar-refractivity contribution in [1.82, 2.24) is 0 Å². The molecule has 1 fully saturated rings. The summed E-state index contributed by atoms with van der Waals surface area (Å²) >= 11 is 3.35. The Bertz CT molecular complexity index is 445. The van der Waals surface area contributed by atoms with E-state index in [1.54, 1.807) is 6.07 Å². The average molecular weight is 297 g/mol. The molecule has 1 aromatic carbocycles. The number of nitrogens with zero attached hydrogens (tertiary/aromatic N) is 2. The van der Waals surface area contributed by atoms with E-state index in [2.05, 4.69) is 26.9 Å². The van der Waals surface area contributed by atoms with Gasteiger partial charge in [-0.2, -0.15) is 5.26 Å². The maximum atomic E-state index is 9.12. The Morgan fingerprint density at radius 1 is 1.59 bits per heavy atom. The molecule has 90 valence electrons. The molecule has 1 aliphatic rings. The van der Waals surface area contributed by atoms with E-state index in [9.17, 15) is 0 Å². The molecule has 17 heavy (non-hydrogen) atoms. The summed E-state index contributed by atoms with van der Waals surface area (Å²) in [5.41, 5.74) is 1.54. The van der Waals surface area contributed by atoms with Gasteiger partial charge in [-0.05, 0) is 18.2 Å². The van der Waals surface area contributed by atoms with Gasteiger partial charge in [0.05, 0.1) is 30.6 Å². The number of ether oxygens (including phenoxy) is 1. The summed E-state index contributed by atoms with van der Waals surface area (Å²) in [4.78, 5) is 2.08. The van der Waals surface area contributed by atoms with Gasteiger partial charge in [0, 0.05) is 17.6 Å². The van der Waals surface area contributed by atoms with Crippen LogP contribution in [0.25, 0.3) is 0 Å². The van der Waals surface area contributed by atoms with E-state index < -0.39 is 0 Å². The Labute approximate surface area is 109 Å². The molecule has 0 bridgehead atoms. The highest BCUT2D eigenvalue weighted by Gasteiger charge is 2.21. The molecule has 1 aliphatic heterocycles. The first-order valence-corrected chi connectivity index (χ1v) is 6.21. The van der Waals surface area contributed by atoms with Gasteiger partial charge in [-0.3, -0.25) is 0 Å². The Hall–Kier alpha value is -1.09. The van der Waals surface area contributed by atoms with Gasteiger partial charge >= 0.3 is 0 Å². The molecule has 0 unspecified atom stereocenters. The minimum absolute atomic E-state index is 0.00884. The highest BCUT2D eigenvalue weighted by molar-refractivity contribution is 9.10. The van der Waals surface area contributed by atoms with Crippen LogP contribution in [-0.4, -0.2) is 37.5 Å². The van der Waals surface area contributed by atoms with Gasteiger partial charge in [0.25, 0.3) is 0 Å². The van der Waals surface area contributed by atoms with Crippen molar-refractivity contribution in [2.45, 2.75) is 6.10 Å². The van der Waals surface area contributed by atoms with Gasteiger partial charge in [-0.25, -0.2) is 0 Å². The lowest BCUT2D eigenvalue weighted by Gasteiger charge is -2.34. The number of morpholine rings is 1. The Morgan fingerprint density at radius 2 is 2.41 bits per heavy atom. The Balaban J connectivity index is 2.24. The first-order chi connectivity index (χ1) is 8.24. The third kappa shape index (κ3) is 2.78. The molecule has 0 aromatic heterocycles. The molecule has 0 aliphatic carbocycles. The third-order valence-electron chi connectivity index (χ3n) is 2.76. The molecule has 5 heteroatoms. The smallest absolute Gasteiger partial charge is 0.101 e. The zero-order valence-corrected chi connectivity index (χ0v) is 10.9. The van der Waals surface area contributed by atoms with Crippen LogP contribution in [0.15, 0.2) is 22.7 Å². The number of aliphatic hydroxyl groups is 1. The van der Waals surface area contributed by atoms with E-state index in [4.69, 9.17) is 15.1 Å². The van der Waals surface area contributed by atoms with E-state index in [1.807, 2.05) is 12.1 Å². The highest BCUT2D eigenvalue weighted by atomic mass is 79.9. The Morgan fingerprint density at radius 3 is 3.12 bits per heavy atom. The fraction of sp³-hybridized carbons (Fsp3) is 0.417. The van der Waals surface area contributed by atoms with Gasteiger partial charge < -0.3 is 14.7 Å². The van der Waals surface area contributed by atoms with Crippen molar-refractivity contribution in [3.63, 3.8) is 0 Å². The predicted molar refractivity (Wildman–Crippen MR) is 67.9 cm³/mol. The number of hydrogen-bond acceptors (Lipinski definition) is 4. The molecule has 1 atom stereocenters. The van der Waals surface area contributed by atoms with Crippen LogP contribution >= 0.6 is 15.9 Å². The average Bonchev–Trinajstić information content (AvgIpc) is 2.38. The number of hydrogen-bond donors (Lipinski definition) is 1. The molecular formula is C12H13BrN2O2. The van der Waals surface area contributed by atoms with Crippen LogP contribution in [0.4, 0.5) is 5.69 Å². The molecular weight excluding hydrogens is 284 g/mol. The SMILES string of the molecule is N#Cc1cc(Br)ccc1N1CCO[C@H](CO)C1. The quantitative estimate of drug-likeness (QED) is 0.899. The van der Waals surface area contributed by atoms with Crippen LogP contribution in [0.3, 0.4) is 0 Å². The van der Waals surface area contributed by atoms with Crippen molar-refractivity contribution in [2.75, 3.05) is 31.2 Å². The molecule has 0 saturated carbocycles. The lowest BCUT2D eigenvalue weighted by Crippen LogP contribution is -2.44. The molecule has 0 radical (unpaired) electrons. The van der Waals surface area contributed by atoms with Gasteiger partial charge in [0.2, 0.25) is 0 Å². The zero-order valence-electron chi connectivity index (χ0n) is 9.27. The van der Waals surface area contributed by atoms with E-state index >= 15 is 0 Å². The number of halogens is 1. The van der Waals surface area contributed by atoms with Crippen LogP contribution in [-0.2, 0) is 4.74 Å². The van der Waals surface area contributed by atoms with Gasteiger partial charge in [-0.1, -0.05) is 15.9 Å². The maximum absolute atomic E-state index is 9.12. The van der Waals surface area contributed by atoms with E-state index in [0.29, 0.717) is 18.7 Å². The van der Waals surface area contributed by atoms with E-state index in [0.717, 1.165) is 16.7 Å². The summed E-state index contributed by atoms with van der Waals surface area (Å²) in [5, 5.41) is 18.2. The zero-order chi connectivity index (χ0) is 12.3. The summed E-state index contributed by atoms with van der Waals surface area (Å²) in [6.45, 7) is 1.95. The van der Waals surface area contributed by atoms with Gasteiger partial charge in [-0.15, -0.1) is 0 Å². The molecule has 0 amide bonds. The minimum atomic E-state index is -0.168. The molecule has 1 heterocycles. The fourth-order valence-electron chi connectivity index (χ4n) is 1.92. The van der Waals surface area contributed by atoms with Crippen molar-refractivity contribution in [1.29, 1.82) is 5.26 Å². The molecule has 1 saturated heterocycles. The van der Waals surface area contributed by atoms with Crippen LogP contribution in [0.2, 0.25) is 0 Å². The number of benzene rings is 1. The molecule has 4 nitrogen and oxygen atoms in total. The van der Waals surface area contributed by atoms with Crippen molar-refractivity contribution in [3.8, 4) is 6.07 Å². The lowest BCUT2D eigenvalue weighted by molar-refractivity contribution is 0.00355. The number of nitriles is 1. The minimum Gasteiger partial charge on any atom is -0.394 e. The second-order valence-corrected chi connectivity index (χ2v) is 4.81. The van der Waals surface area contributed by atoms with Gasteiger partial charge in [0.1, 0.15) is 6.07 Å². The Kier molecular flexibility index (Phi) is 4.00. The number of anilines is 1. The van der Waals surface area contributed by atoms with Crippen LogP contribution < -0.4 is 4.90 Å². The molecule has 1 aromatic rings. The van der Waals surface area contributed by atoms with E-state index in [-0.39, 0.29) is 12.7 Å². The topological polar surface area (TPSA) is 56.5 Å². The second-order valence-electron chi connectivity index (χ2n) is 3.89. The monoisotopic (exact) mass is 296 g/mol. The first kappa shape index (κ1) is 12.4. The molecule has 2 rings (SSSR count). The maximum Gasteiger partial charge on any atom is 0.101 e. The van der Waals surface area contributed by atoms with E-state index in [1.165, 1.54) is 0 Å². The fourth-order valence-corrected chi connectivity index (χ4v) is 2.28. The molecule has 1 N–H and O–H groups in total. The van der Waals surface area contributed by atoms with Crippen molar-refractivity contribution in [3.05, 3.63) is 28.2 Å². The standard InChI is InChI=1S/C12H13BrN2O2/c13-10-1-2-12(9(5-10)6-14)15-3-4-17-11(7-15)8-16/h1-2,5,11,16H,3-4,7-8H2/t11-/m0/s1. The van der Waals surface area contributed by atoms with Crippen LogP contribution in [0.5, 0.6) is 0 Å². The normalized spacial score (nSPS) is 20.1. The summed E-state index contributed by atoms with van der Waals surface area (Å²) in [6.07, 6.45) is -0.168. The van der Waals surface area contributed by atoms with Gasteiger partial charge in [0.15, 0.2) is 0 Å². The molecule has 0 spiro atoms. The summed E-state index contributed by atoms with van der Waals surface area (Å²) in [5.74, 6) is 0. The number of aliphatic hydroxyl groups excluding tert-OH is 1. The summed E-state index contributed by atoms with van der Waals surface area (Å²) < 4.78 is 6.29. The first-order valence-electron chi connectivity index (χ1n) is 5.41. The second kappa shape index (κ2) is 5.50. The highest BCUT2D eigenvalue weighted by Crippen LogP contribution is 2.25. The lowest BCUT2D eigenvalue weighted by atomic mass is 10.1. The third-order valence-corrected chi connectivity index (χ3v) is 3.26. The van der Waals surface area contributed by atoms with Crippen molar-refractivity contribution < 1.29 is 9.84 Å². The summed E-state index contributed by atoms with van der Waals surface area (Å²) in [6, 6.07) is 7.83.